The molecular weight excluding hydrogens is 326 g/mol. The standard InChI is InChI=1S/C21H23N3O2/c1-14-20(15(2)24(3)23-14)13-16-5-9-18(10-6-16)22-21(25)17-7-11-19(26-4)12-8-17/h5-12H,13H2,1-4H3,(H,22,25). The summed E-state index contributed by atoms with van der Waals surface area (Å²) in [5.41, 5.74) is 6.04. The van der Waals surface area contributed by atoms with Crippen molar-refractivity contribution in [2.45, 2.75) is 20.3 Å². The second-order valence-corrected chi connectivity index (χ2v) is 6.33. The molecule has 1 aromatic heterocycles. The van der Waals surface area contributed by atoms with Gasteiger partial charge in [0, 0.05) is 36.0 Å². The average molecular weight is 349 g/mol. The molecule has 2 aromatic carbocycles. The Balaban J connectivity index is 1.68. The molecule has 3 rings (SSSR count). The molecule has 26 heavy (non-hydrogen) atoms. The van der Waals surface area contributed by atoms with E-state index in [0.717, 1.165) is 23.6 Å². The molecule has 0 atom stereocenters. The number of carbonyl (C=O) groups is 1. The van der Waals surface area contributed by atoms with Crippen LogP contribution in [0.1, 0.15) is 32.9 Å². The molecule has 0 spiro atoms. The van der Waals surface area contributed by atoms with E-state index in [1.165, 1.54) is 16.8 Å². The number of nitrogens with one attached hydrogen (secondary N) is 1. The molecule has 0 unspecified atom stereocenters. The highest BCUT2D eigenvalue weighted by Crippen LogP contribution is 2.19. The van der Waals surface area contributed by atoms with Crippen molar-refractivity contribution in [3.8, 4) is 5.75 Å². The maximum Gasteiger partial charge on any atom is 0.255 e. The Morgan fingerprint density at radius 2 is 1.73 bits per heavy atom. The highest BCUT2D eigenvalue weighted by Gasteiger charge is 2.10. The maximum atomic E-state index is 12.3. The molecule has 1 heterocycles. The quantitative estimate of drug-likeness (QED) is 0.760. The van der Waals surface area contributed by atoms with Crippen LogP contribution < -0.4 is 10.1 Å². The minimum absolute atomic E-state index is 0.139. The van der Waals surface area contributed by atoms with Crippen molar-refractivity contribution in [2.75, 3.05) is 12.4 Å². The summed E-state index contributed by atoms with van der Waals surface area (Å²) in [6.07, 6.45) is 0.832. The van der Waals surface area contributed by atoms with E-state index in [9.17, 15) is 4.79 Å². The molecule has 1 amide bonds. The second kappa shape index (κ2) is 7.44. The van der Waals surface area contributed by atoms with Crippen LogP contribution in [-0.4, -0.2) is 22.8 Å². The fourth-order valence-electron chi connectivity index (χ4n) is 2.93. The number of amides is 1. The maximum absolute atomic E-state index is 12.3. The van der Waals surface area contributed by atoms with Gasteiger partial charge in [-0.3, -0.25) is 9.48 Å². The zero-order chi connectivity index (χ0) is 18.7. The first-order chi connectivity index (χ1) is 12.5. The molecule has 5 nitrogen and oxygen atoms in total. The van der Waals surface area contributed by atoms with Gasteiger partial charge in [-0.25, -0.2) is 0 Å². The van der Waals surface area contributed by atoms with Gasteiger partial charge < -0.3 is 10.1 Å². The van der Waals surface area contributed by atoms with Crippen LogP contribution in [0.15, 0.2) is 48.5 Å². The van der Waals surface area contributed by atoms with Crippen LogP contribution in [0, 0.1) is 13.8 Å². The number of aromatic nitrogens is 2. The molecule has 0 aliphatic rings. The molecule has 3 aromatic rings. The van der Waals surface area contributed by atoms with Gasteiger partial charge in [0.25, 0.3) is 5.91 Å². The Labute approximate surface area is 153 Å². The summed E-state index contributed by atoms with van der Waals surface area (Å²) in [5, 5.41) is 7.38. The van der Waals surface area contributed by atoms with E-state index in [4.69, 9.17) is 4.74 Å². The fourth-order valence-corrected chi connectivity index (χ4v) is 2.93. The van der Waals surface area contributed by atoms with Crippen molar-refractivity contribution in [1.82, 2.24) is 9.78 Å². The normalized spacial score (nSPS) is 10.6. The third kappa shape index (κ3) is 3.77. The van der Waals surface area contributed by atoms with E-state index in [1.807, 2.05) is 42.9 Å². The van der Waals surface area contributed by atoms with Gasteiger partial charge in [-0.2, -0.15) is 5.10 Å². The number of benzene rings is 2. The lowest BCUT2D eigenvalue weighted by Gasteiger charge is -2.08. The summed E-state index contributed by atoms with van der Waals surface area (Å²) in [6, 6.07) is 15.0. The topological polar surface area (TPSA) is 56.1 Å². The van der Waals surface area contributed by atoms with Crippen molar-refractivity contribution in [1.29, 1.82) is 0 Å². The van der Waals surface area contributed by atoms with E-state index >= 15 is 0 Å². The average Bonchev–Trinajstić information content (AvgIpc) is 2.89. The van der Waals surface area contributed by atoms with Crippen LogP contribution in [0.3, 0.4) is 0 Å². The van der Waals surface area contributed by atoms with Gasteiger partial charge in [-0.1, -0.05) is 12.1 Å². The molecule has 0 fully saturated rings. The monoisotopic (exact) mass is 349 g/mol. The number of carbonyl (C=O) groups excluding carboxylic acids is 1. The van der Waals surface area contributed by atoms with Gasteiger partial charge >= 0.3 is 0 Å². The van der Waals surface area contributed by atoms with E-state index < -0.39 is 0 Å². The number of rotatable bonds is 5. The number of anilines is 1. The number of hydrogen-bond donors (Lipinski definition) is 1. The summed E-state index contributed by atoms with van der Waals surface area (Å²) in [6.45, 7) is 4.12. The summed E-state index contributed by atoms with van der Waals surface area (Å²) >= 11 is 0. The lowest BCUT2D eigenvalue weighted by atomic mass is 10.0. The molecule has 1 N–H and O–H groups in total. The molecular formula is C21H23N3O2. The minimum Gasteiger partial charge on any atom is -0.497 e. The molecule has 0 aliphatic carbocycles. The molecule has 134 valence electrons. The number of nitrogens with zero attached hydrogens (tertiary/aromatic N) is 2. The predicted molar refractivity (Wildman–Crippen MR) is 103 cm³/mol. The van der Waals surface area contributed by atoms with Crippen LogP contribution >= 0.6 is 0 Å². The molecule has 0 saturated carbocycles. The van der Waals surface area contributed by atoms with Crippen molar-refractivity contribution in [2.24, 2.45) is 7.05 Å². The van der Waals surface area contributed by atoms with Crippen LogP contribution in [-0.2, 0) is 13.5 Å². The first kappa shape index (κ1) is 17.7. The van der Waals surface area contributed by atoms with Gasteiger partial charge in [0.15, 0.2) is 0 Å². The smallest absolute Gasteiger partial charge is 0.255 e. The first-order valence-electron chi connectivity index (χ1n) is 8.51. The molecule has 0 radical (unpaired) electrons. The minimum atomic E-state index is -0.139. The second-order valence-electron chi connectivity index (χ2n) is 6.33. The number of hydrogen-bond acceptors (Lipinski definition) is 3. The molecule has 0 aliphatic heterocycles. The Morgan fingerprint density at radius 3 is 2.27 bits per heavy atom. The van der Waals surface area contributed by atoms with Crippen LogP contribution in [0.4, 0.5) is 5.69 Å². The Morgan fingerprint density at radius 1 is 1.08 bits per heavy atom. The molecule has 5 heteroatoms. The lowest BCUT2D eigenvalue weighted by molar-refractivity contribution is 0.102. The van der Waals surface area contributed by atoms with Gasteiger partial charge in [-0.05, 0) is 55.8 Å². The SMILES string of the molecule is COc1ccc(C(=O)Nc2ccc(Cc3c(C)nn(C)c3C)cc2)cc1. The number of ether oxygens (including phenoxy) is 1. The van der Waals surface area contributed by atoms with Gasteiger partial charge in [-0.15, -0.1) is 0 Å². The molecule has 0 bridgehead atoms. The molecule has 0 saturated heterocycles. The van der Waals surface area contributed by atoms with Gasteiger partial charge in [0.1, 0.15) is 5.75 Å². The summed E-state index contributed by atoms with van der Waals surface area (Å²) < 4.78 is 7.02. The van der Waals surface area contributed by atoms with Crippen LogP contribution in [0.2, 0.25) is 0 Å². The van der Waals surface area contributed by atoms with E-state index in [0.29, 0.717) is 5.56 Å². The van der Waals surface area contributed by atoms with Crippen LogP contribution in [0.5, 0.6) is 5.75 Å². The summed E-state index contributed by atoms with van der Waals surface area (Å²) in [4.78, 5) is 12.3. The zero-order valence-corrected chi connectivity index (χ0v) is 15.5. The Bertz CT molecular complexity index is 910. The highest BCUT2D eigenvalue weighted by molar-refractivity contribution is 6.04. The van der Waals surface area contributed by atoms with E-state index in [2.05, 4.69) is 17.3 Å². The Kier molecular flexibility index (Phi) is 5.07. The van der Waals surface area contributed by atoms with Crippen molar-refractivity contribution in [3.63, 3.8) is 0 Å². The third-order valence-corrected chi connectivity index (χ3v) is 4.60. The van der Waals surface area contributed by atoms with Crippen molar-refractivity contribution < 1.29 is 9.53 Å². The lowest BCUT2D eigenvalue weighted by Crippen LogP contribution is -2.11. The first-order valence-corrected chi connectivity index (χ1v) is 8.51. The number of methoxy groups -OCH3 is 1. The third-order valence-electron chi connectivity index (χ3n) is 4.60. The fraction of sp³-hybridized carbons (Fsp3) is 0.238. The van der Waals surface area contributed by atoms with Gasteiger partial charge in [0.05, 0.1) is 12.8 Å². The summed E-state index contributed by atoms with van der Waals surface area (Å²) in [5.74, 6) is 0.589. The van der Waals surface area contributed by atoms with E-state index in [-0.39, 0.29) is 5.91 Å². The van der Waals surface area contributed by atoms with Gasteiger partial charge in [0.2, 0.25) is 0 Å². The number of aryl methyl sites for hydroxylation is 2. The Hall–Kier alpha value is -3.08. The predicted octanol–water partition coefficient (Wildman–Crippen LogP) is 3.89. The van der Waals surface area contributed by atoms with Crippen molar-refractivity contribution >= 4 is 11.6 Å². The van der Waals surface area contributed by atoms with E-state index in [1.54, 1.807) is 31.4 Å². The largest absolute Gasteiger partial charge is 0.497 e. The summed E-state index contributed by atoms with van der Waals surface area (Å²) in [7, 11) is 3.56. The highest BCUT2D eigenvalue weighted by atomic mass is 16.5. The van der Waals surface area contributed by atoms with Crippen LogP contribution in [0.25, 0.3) is 0 Å². The van der Waals surface area contributed by atoms with Crippen molar-refractivity contribution in [3.05, 3.63) is 76.6 Å². The zero-order valence-electron chi connectivity index (χ0n) is 15.5.